The summed E-state index contributed by atoms with van der Waals surface area (Å²) in [4.78, 5) is 4.52. The molecule has 0 aliphatic heterocycles. The van der Waals surface area contributed by atoms with Crippen molar-refractivity contribution in [3.63, 3.8) is 0 Å². The minimum atomic E-state index is 0.0831. The number of nitrogens with one attached hydrogen (secondary N) is 1. The Labute approximate surface area is 95.7 Å². The molecule has 2 aromatic rings. The summed E-state index contributed by atoms with van der Waals surface area (Å²) < 4.78 is 0. The number of hydrazine groups is 1. The number of para-hydroxylation sites is 1. The Morgan fingerprint density at radius 2 is 1.88 bits per heavy atom. The highest BCUT2D eigenvalue weighted by atomic mass is 15.2. The van der Waals surface area contributed by atoms with Gasteiger partial charge in [-0.3, -0.25) is 0 Å². The summed E-state index contributed by atoms with van der Waals surface area (Å²) in [5.74, 6) is 6.09. The lowest BCUT2D eigenvalue weighted by Crippen LogP contribution is -2.13. The smallest absolute Gasteiger partial charge is 0.140 e. The Hall–Kier alpha value is -1.61. The first-order chi connectivity index (χ1) is 7.52. The summed E-state index contributed by atoms with van der Waals surface area (Å²) in [6.07, 6.45) is 0. The maximum Gasteiger partial charge on any atom is 0.140 e. The van der Waals surface area contributed by atoms with Crippen LogP contribution in [0, 0.1) is 0 Å². The van der Waals surface area contributed by atoms with E-state index in [1.165, 1.54) is 5.56 Å². The summed E-state index contributed by atoms with van der Waals surface area (Å²) in [6, 6.07) is 10.2. The van der Waals surface area contributed by atoms with Gasteiger partial charge in [0.05, 0.1) is 5.52 Å². The van der Waals surface area contributed by atoms with Crippen molar-refractivity contribution in [1.29, 1.82) is 0 Å². The molecule has 0 saturated carbocycles. The van der Waals surface area contributed by atoms with E-state index in [4.69, 9.17) is 5.84 Å². The molecule has 16 heavy (non-hydrogen) atoms. The number of nitrogens with two attached hydrogens (primary N) is 1. The molecule has 0 amide bonds. The fourth-order valence-electron chi connectivity index (χ4n) is 1.83. The van der Waals surface area contributed by atoms with Crippen molar-refractivity contribution in [3.8, 4) is 0 Å². The van der Waals surface area contributed by atoms with Crippen molar-refractivity contribution < 1.29 is 0 Å². The molecule has 1 aromatic heterocycles. The van der Waals surface area contributed by atoms with E-state index in [0.717, 1.165) is 10.9 Å². The number of anilines is 1. The van der Waals surface area contributed by atoms with Gasteiger partial charge in [-0.2, -0.15) is 0 Å². The topological polar surface area (TPSA) is 50.9 Å². The molecule has 0 aliphatic carbocycles. The van der Waals surface area contributed by atoms with Gasteiger partial charge in [-0.05, 0) is 23.1 Å². The molecular weight excluding hydrogens is 198 g/mol. The van der Waals surface area contributed by atoms with Crippen LogP contribution in [-0.2, 0) is 5.41 Å². The number of benzene rings is 1. The van der Waals surface area contributed by atoms with Crippen LogP contribution < -0.4 is 11.3 Å². The van der Waals surface area contributed by atoms with Crippen molar-refractivity contribution in [2.45, 2.75) is 26.2 Å². The van der Waals surface area contributed by atoms with Crippen LogP contribution in [0.4, 0.5) is 5.82 Å². The molecule has 3 N–H and O–H groups in total. The molecule has 0 unspecified atom stereocenters. The SMILES string of the molecule is CC(C)(C)c1cccc2ccc(NN)nc12. The molecule has 2 rings (SSSR count). The Bertz CT molecular complexity index is 512. The van der Waals surface area contributed by atoms with Gasteiger partial charge in [-0.15, -0.1) is 0 Å². The maximum atomic E-state index is 5.39. The van der Waals surface area contributed by atoms with Gasteiger partial charge < -0.3 is 5.43 Å². The third-order valence-electron chi connectivity index (χ3n) is 2.68. The van der Waals surface area contributed by atoms with Gasteiger partial charge in [-0.25, -0.2) is 10.8 Å². The van der Waals surface area contributed by atoms with Crippen molar-refractivity contribution in [2.24, 2.45) is 5.84 Å². The minimum absolute atomic E-state index is 0.0831. The second-order valence-electron chi connectivity index (χ2n) is 4.97. The highest BCUT2D eigenvalue weighted by molar-refractivity contribution is 5.84. The highest BCUT2D eigenvalue weighted by Crippen LogP contribution is 2.29. The molecule has 0 bridgehead atoms. The second-order valence-corrected chi connectivity index (χ2v) is 4.97. The zero-order chi connectivity index (χ0) is 11.8. The zero-order valence-electron chi connectivity index (χ0n) is 9.91. The highest BCUT2D eigenvalue weighted by Gasteiger charge is 2.17. The summed E-state index contributed by atoms with van der Waals surface area (Å²) in [6.45, 7) is 6.56. The molecule has 0 aliphatic rings. The third-order valence-corrected chi connectivity index (χ3v) is 2.68. The van der Waals surface area contributed by atoms with E-state index < -0.39 is 0 Å². The molecule has 3 nitrogen and oxygen atoms in total. The number of pyridine rings is 1. The average Bonchev–Trinajstić information content (AvgIpc) is 2.26. The van der Waals surface area contributed by atoms with Crippen LogP contribution in [0.5, 0.6) is 0 Å². The number of rotatable bonds is 1. The predicted octanol–water partition coefficient (Wildman–Crippen LogP) is 2.82. The van der Waals surface area contributed by atoms with Crippen molar-refractivity contribution in [1.82, 2.24) is 4.98 Å². The van der Waals surface area contributed by atoms with Gasteiger partial charge in [0, 0.05) is 5.39 Å². The molecule has 3 heteroatoms. The normalized spacial score (nSPS) is 11.8. The van der Waals surface area contributed by atoms with E-state index in [-0.39, 0.29) is 5.41 Å². The maximum absolute atomic E-state index is 5.39. The van der Waals surface area contributed by atoms with Crippen molar-refractivity contribution in [3.05, 3.63) is 35.9 Å². The number of fused-ring (bicyclic) bond motifs is 1. The fraction of sp³-hybridized carbons (Fsp3) is 0.308. The van der Waals surface area contributed by atoms with Crippen molar-refractivity contribution >= 4 is 16.7 Å². The van der Waals surface area contributed by atoms with E-state index in [2.05, 4.69) is 49.4 Å². The van der Waals surface area contributed by atoms with E-state index in [1.54, 1.807) is 0 Å². The molecule has 1 aromatic carbocycles. The lowest BCUT2D eigenvalue weighted by molar-refractivity contribution is 0.594. The van der Waals surface area contributed by atoms with Crippen molar-refractivity contribution in [2.75, 3.05) is 5.43 Å². The van der Waals surface area contributed by atoms with Gasteiger partial charge in [0.15, 0.2) is 0 Å². The zero-order valence-corrected chi connectivity index (χ0v) is 9.91. The quantitative estimate of drug-likeness (QED) is 0.568. The van der Waals surface area contributed by atoms with E-state index in [9.17, 15) is 0 Å². The Morgan fingerprint density at radius 3 is 2.50 bits per heavy atom. The van der Waals surface area contributed by atoms with E-state index in [1.807, 2.05) is 12.1 Å². The summed E-state index contributed by atoms with van der Waals surface area (Å²) in [5.41, 5.74) is 4.93. The predicted molar refractivity (Wildman–Crippen MR) is 68.3 cm³/mol. The second kappa shape index (κ2) is 3.76. The molecule has 1 heterocycles. The molecule has 84 valence electrons. The lowest BCUT2D eigenvalue weighted by atomic mass is 9.85. The lowest BCUT2D eigenvalue weighted by Gasteiger charge is -2.20. The van der Waals surface area contributed by atoms with Crippen LogP contribution >= 0.6 is 0 Å². The summed E-state index contributed by atoms with van der Waals surface area (Å²) >= 11 is 0. The van der Waals surface area contributed by atoms with Crippen LogP contribution in [0.3, 0.4) is 0 Å². The number of hydrogen-bond acceptors (Lipinski definition) is 3. The van der Waals surface area contributed by atoms with Crippen LogP contribution in [0.25, 0.3) is 10.9 Å². The van der Waals surface area contributed by atoms with Gasteiger partial charge in [0.25, 0.3) is 0 Å². The Balaban J connectivity index is 2.74. The first kappa shape index (κ1) is 10.9. The molecule has 0 radical (unpaired) electrons. The molecule has 0 fully saturated rings. The molecule has 0 atom stereocenters. The van der Waals surface area contributed by atoms with Gasteiger partial charge in [0.1, 0.15) is 5.82 Å². The molecular formula is C13H17N3. The largest absolute Gasteiger partial charge is 0.308 e. The van der Waals surface area contributed by atoms with Gasteiger partial charge in [-0.1, -0.05) is 39.0 Å². The number of aromatic nitrogens is 1. The fourth-order valence-corrected chi connectivity index (χ4v) is 1.83. The third kappa shape index (κ3) is 1.86. The first-order valence-corrected chi connectivity index (χ1v) is 5.39. The number of nitrogens with zero attached hydrogens (tertiary/aromatic N) is 1. The summed E-state index contributed by atoms with van der Waals surface area (Å²) in [7, 11) is 0. The Kier molecular flexibility index (Phi) is 2.56. The van der Waals surface area contributed by atoms with Gasteiger partial charge >= 0.3 is 0 Å². The Morgan fingerprint density at radius 1 is 1.12 bits per heavy atom. The number of nitrogen functional groups attached to an aromatic ring is 1. The van der Waals surface area contributed by atoms with E-state index >= 15 is 0 Å². The van der Waals surface area contributed by atoms with Crippen LogP contribution in [-0.4, -0.2) is 4.98 Å². The van der Waals surface area contributed by atoms with Crippen LogP contribution in [0.2, 0.25) is 0 Å². The minimum Gasteiger partial charge on any atom is -0.308 e. The molecule has 0 spiro atoms. The van der Waals surface area contributed by atoms with Crippen LogP contribution in [0.15, 0.2) is 30.3 Å². The standard InChI is InChI=1S/C13H17N3/c1-13(2,3)10-6-4-5-9-7-8-11(16-14)15-12(9)10/h4-8H,14H2,1-3H3,(H,15,16). The van der Waals surface area contributed by atoms with Gasteiger partial charge in [0.2, 0.25) is 0 Å². The van der Waals surface area contributed by atoms with Crippen LogP contribution in [0.1, 0.15) is 26.3 Å². The van der Waals surface area contributed by atoms with E-state index in [0.29, 0.717) is 5.82 Å². The average molecular weight is 215 g/mol. The molecule has 0 saturated heterocycles. The number of hydrogen-bond donors (Lipinski definition) is 2. The summed E-state index contributed by atoms with van der Waals surface area (Å²) in [5, 5.41) is 1.14. The first-order valence-electron chi connectivity index (χ1n) is 5.39. The monoisotopic (exact) mass is 215 g/mol.